The Morgan fingerprint density at radius 2 is 2.20 bits per heavy atom. The smallest absolute Gasteiger partial charge is 0.171 e. The highest BCUT2D eigenvalue weighted by molar-refractivity contribution is 14.1. The summed E-state index contributed by atoms with van der Waals surface area (Å²) in [4.78, 5) is 10.7. The number of rotatable bonds is 5. The lowest BCUT2D eigenvalue weighted by atomic mass is 10.2. The van der Waals surface area contributed by atoms with Gasteiger partial charge in [0.15, 0.2) is 5.82 Å². The first-order valence-electron chi connectivity index (χ1n) is 6.76. The fourth-order valence-electron chi connectivity index (χ4n) is 2.00. The topological polar surface area (TPSA) is 37.8 Å². The summed E-state index contributed by atoms with van der Waals surface area (Å²) in [6, 6.07) is 4.13. The van der Waals surface area contributed by atoms with Crippen molar-refractivity contribution in [1.82, 2.24) is 9.97 Å². The molecule has 0 atom stereocenters. The largest absolute Gasteiger partial charge is 0.369 e. The van der Waals surface area contributed by atoms with Crippen molar-refractivity contribution in [2.75, 3.05) is 11.9 Å². The monoisotopic (exact) mass is 463 g/mol. The molecule has 2 heterocycles. The first kappa shape index (κ1) is 14.7. The second-order valence-corrected chi connectivity index (χ2v) is 8.44. The van der Waals surface area contributed by atoms with Crippen molar-refractivity contribution in [3.05, 3.63) is 25.2 Å². The minimum atomic E-state index is 0.634. The van der Waals surface area contributed by atoms with E-state index in [1.807, 2.05) is 0 Å². The molecule has 0 amide bonds. The van der Waals surface area contributed by atoms with E-state index >= 15 is 0 Å². The Morgan fingerprint density at radius 3 is 2.80 bits per heavy atom. The van der Waals surface area contributed by atoms with E-state index in [9.17, 15) is 0 Å². The van der Waals surface area contributed by atoms with Crippen LogP contribution in [0.4, 0.5) is 5.82 Å². The predicted molar refractivity (Wildman–Crippen MR) is 96.5 cm³/mol. The number of nitrogens with zero attached hydrogens (tertiary/aromatic N) is 2. The summed E-state index contributed by atoms with van der Waals surface area (Å²) in [6.45, 7) is 3.12. The van der Waals surface area contributed by atoms with Crippen molar-refractivity contribution in [2.24, 2.45) is 0 Å². The van der Waals surface area contributed by atoms with Gasteiger partial charge in [0.05, 0.1) is 17.9 Å². The highest BCUT2D eigenvalue weighted by Gasteiger charge is 2.29. The molecule has 1 N–H and O–H groups in total. The lowest BCUT2D eigenvalue weighted by Gasteiger charge is -2.11. The number of hydrogen-bond acceptors (Lipinski definition) is 4. The second-order valence-electron chi connectivity index (χ2n) is 4.90. The number of thiophene rings is 1. The molecule has 3 nitrogen and oxygen atoms in total. The molecule has 1 aliphatic rings. The molecule has 6 heteroatoms. The first-order chi connectivity index (χ1) is 9.69. The summed E-state index contributed by atoms with van der Waals surface area (Å²) in [5.74, 6) is 2.47. The van der Waals surface area contributed by atoms with Gasteiger partial charge in [-0.2, -0.15) is 0 Å². The van der Waals surface area contributed by atoms with Crippen LogP contribution in [0, 0.1) is 3.57 Å². The van der Waals surface area contributed by atoms with Crippen LogP contribution in [0.3, 0.4) is 0 Å². The minimum absolute atomic E-state index is 0.634. The van der Waals surface area contributed by atoms with Crippen LogP contribution in [0.15, 0.2) is 15.9 Å². The summed E-state index contributed by atoms with van der Waals surface area (Å²) < 4.78 is 2.31. The Balaban J connectivity index is 2.03. The quantitative estimate of drug-likeness (QED) is 0.613. The summed E-state index contributed by atoms with van der Waals surface area (Å²) in [5, 5.41) is 3.44. The summed E-state index contributed by atoms with van der Waals surface area (Å²) in [5.41, 5.74) is 1.22. The van der Waals surface area contributed by atoms with Crippen LogP contribution in [0.25, 0.3) is 10.7 Å². The summed E-state index contributed by atoms with van der Waals surface area (Å²) in [6.07, 6.45) is 3.61. The van der Waals surface area contributed by atoms with E-state index in [-0.39, 0.29) is 0 Å². The van der Waals surface area contributed by atoms with Crippen molar-refractivity contribution >= 4 is 55.7 Å². The van der Waals surface area contributed by atoms with Crippen LogP contribution < -0.4 is 5.32 Å². The highest BCUT2D eigenvalue weighted by atomic mass is 127. The van der Waals surface area contributed by atoms with E-state index in [0.717, 1.165) is 33.3 Å². The van der Waals surface area contributed by atoms with Crippen molar-refractivity contribution in [3.8, 4) is 10.7 Å². The van der Waals surface area contributed by atoms with E-state index in [1.54, 1.807) is 11.3 Å². The zero-order valence-electron chi connectivity index (χ0n) is 11.1. The minimum Gasteiger partial charge on any atom is -0.369 e. The van der Waals surface area contributed by atoms with Crippen LogP contribution in [0.2, 0.25) is 0 Å². The summed E-state index contributed by atoms with van der Waals surface area (Å²) >= 11 is 7.58. The molecule has 0 aliphatic heterocycles. The molecule has 1 fully saturated rings. The molecule has 0 radical (unpaired) electrons. The molecule has 0 bridgehead atoms. The Hall–Kier alpha value is -0.210. The van der Waals surface area contributed by atoms with Crippen LogP contribution in [0.1, 0.15) is 37.8 Å². The first-order valence-corrected chi connectivity index (χ1v) is 9.45. The van der Waals surface area contributed by atoms with Crippen LogP contribution in [0.5, 0.6) is 0 Å². The standard InChI is InChI=1S/C14H15BrIN3S/c1-2-7-17-14-11(16)12(8-3-4-8)18-13(19-14)9-5-6-10(15)20-9/h5-6,8H,2-4,7H2,1H3,(H,17,18,19). The number of anilines is 1. The van der Waals surface area contributed by atoms with Crippen LogP contribution in [-0.2, 0) is 0 Å². The van der Waals surface area contributed by atoms with Gasteiger partial charge in [0.1, 0.15) is 5.82 Å². The molecule has 1 aliphatic carbocycles. The highest BCUT2D eigenvalue weighted by Crippen LogP contribution is 2.43. The molecule has 0 aromatic carbocycles. The van der Waals surface area contributed by atoms with Gasteiger partial charge in [-0.05, 0) is 69.9 Å². The molecular weight excluding hydrogens is 449 g/mol. The molecule has 0 saturated heterocycles. The lowest BCUT2D eigenvalue weighted by molar-refractivity contribution is 0.940. The maximum atomic E-state index is 4.82. The molecule has 0 unspecified atom stereocenters. The number of nitrogens with one attached hydrogen (secondary N) is 1. The van der Waals surface area contributed by atoms with Gasteiger partial charge in [0.2, 0.25) is 0 Å². The fourth-order valence-corrected chi connectivity index (χ4v) is 4.19. The van der Waals surface area contributed by atoms with Gasteiger partial charge < -0.3 is 5.32 Å². The Morgan fingerprint density at radius 1 is 1.40 bits per heavy atom. The third kappa shape index (κ3) is 3.17. The average molecular weight is 464 g/mol. The third-order valence-corrected chi connectivity index (χ3v) is 5.86. The maximum absolute atomic E-state index is 4.82. The molecule has 3 rings (SSSR count). The van der Waals surface area contributed by atoms with Gasteiger partial charge in [-0.15, -0.1) is 11.3 Å². The molecule has 2 aromatic heterocycles. The van der Waals surface area contributed by atoms with Gasteiger partial charge in [-0.25, -0.2) is 9.97 Å². The zero-order valence-corrected chi connectivity index (χ0v) is 15.7. The van der Waals surface area contributed by atoms with E-state index in [2.05, 4.69) is 62.9 Å². The Kier molecular flexibility index (Phi) is 4.62. The van der Waals surface area contributed by atoms with Crippen molar-refractivity contribution in [1.29, 1.82) is 0 Å². The summed E-state index contributed by atoms with van der Waals surface area (Å²) in [7, 11) is 0. The van der Waals surface area contributed by atoms with Crippen LogP contribution in [-0.4, -0.2) is 16.5 Å². The van der Waals surface area contributed by atoms with Crippen molar-refractivity contribution < 1.29 is 0 Å². The fraction of sp³-hybridized carbons (Fsp3) is 0.429. The average Bonchev–Trinajstić information content (AvgIpc) is 3.19. The normalized spacial score (nSPS) is 14.6. The molecule has 0 spiro atoms. The van der Waals surface area contributed by atoms with Crippen molar-refractivity contribution in [3.63, 3.8) is 0 Å². The van der Waals surface area contributed by atoms with E-state index < -0.39 is 0 Å². The number of aromatic nitrogens is 2. The molecular formula is C14H15BrIN3S. The second kappa shape index (κ2) is 6.27. The third-order valence-electron chi connectivity index (χ3n) is 3.18. The maximum Gasteiger partial charge on any atom is 0.171 e. The number of hydrogen-bond donors (Lipinski definition) is 1. The SMILES string of the molecule is CCCNc1nc(-c2ccc(Br)s2)nc(C2CC2)c1I. The van der Waals surface area contributed by atoms with E-state index in [1.165, 1.54) is 22.1 Å². The van der Waals surface area contributed by atoms with Crippen molar-refractivity contribution in [2.45, 2.75) is 32.1 Å². The van der Waals surface area contributed by atoms with Gasteiger partial charge in [0.25, 0.3) is 0 Å². The molecule has 1 saturated carbocycles. The van der Waals surface area contributed by atoms with Gasteiger partial charge in [0, 0.05) is 12.5 Å². The Labute approximate surface area is 144 Å². The lowest BCUT2D eigenvalue weighted by Crippen LogP contribution is -2.08. The molecule has 20 heavy (non-hydrogen) atoms. The molecule has 106 valence electrons. The molecule has 2 aromatic rings. The number of halogens is 2. The van der Waals surface area contributed by atoms with E-state index in [4.69, 9.17) is 9.97 Å². The van der Waals surface area contributed by atoms with Gasteiger partial charge in [-0.3, -0.25) is 0 Å². The van der Waals surface area contributed by atoms with Gasteiger partial charge >= 0.3 is 0 Å². The van der Waals surface area contributed by atoms with Gasteiger partial charge in [-0.1, -0.05) is 6.92 Å². The zero-order chi connectivity index (χ0) is 14.1. The van der Waals surface area contributed by atoms with E-state index in [0.29, 0.717) is 5.92 Å². The Bertz CT molecular complexity index is 625. The van der Waals surface area contributed by atoms with Crippen LogP contribution >= 0.6 is 49.9 Å². The predicted octanol–water partition coefficient (Wildman–Crippen LogP) is 5.27.